The van der Waals surface area contributed by atoms with Crippen LogP contribution in [0.3, 0.4) is 0 Å². The lowest BCUT2D eigenvalue weighted by molar-refractivity contribution is -0.113. The standard InChI is InChI=1S/C23H23N3O5S/c1-2-12-30-22(29)16-8-10-17(11-9-16)24-21(28)15-32-23-25-18(13-20(27)26-23)14-31-19-6-4-3-5-7-19/h3-11,13H,2,12,14-15H2,1H3,(H,24,28)(H,25,26,27). The predicted molar refractivity (Wildman–Crippen MR) is 122 cm³/mol. The maximum atomic E-state index is 12.3. The molecule has 0 radical (unpaired) electrons. The lowest BCUT2D eigenvalue weighted by Crippen LogP contribution is -2.16. The van der Waals surface area contributed by atoms with Crippen LogP contribution in [0.2, 0.25) is 0 Å². The Kier molecular flexibility index (Phi) is 8.44. The Labute approximate surface area is 189 Å². The summed E-state index contributed by atoms with van der Waals surface area (Å²) in [5, 5.41) is 3.07. The van der Waals surface area contributed by atoms with E-state index in [1.54, 1.807) is 24.3 Å². The first kappa shape index (κ1) is 23.1. The maximum absolute atomic E-state index is 12.3. The highest BCUT2D eigenvalue weighted by Gasteiger charge is 2.10. The monoisotopic (exact) mass is 453 g/mol. The molecule has 1 aromatic heterocycles. The molecule has 0 bridgehead atoms. The van der Waals surface area contributed by atoms with E-state index >= 15 is 0 Å². The highest BCUT2D eigenvalue weighted by molar-refractivity contribution is 7.99. The fraction of sp³-hybridized carbons (Fsp3) is 0.217. The van der Waals surface area contributed by atoms with Gasteiger partial charge in [0, 0.05) is 11.8 Å². The number of nitrogens with zero attached hydrogens (tertiary/aromatic N) is 1. The Hall–Kier alpha value is -3.59. The van der Waals surface area contributed by atoms with Crippen molar-refractivity contribution in [3.63, 3.8) is 0 Å². The van der Waals surface area contributed by atoms with Crippen molar-refractivity contribution < 1.29 is 19.1 Å². The van der Waals surface area contributed by atoms with Gasteiger partial charge in [-0.15, -0.1) is 0 Å². The Morgan fingerprint density at radius 3 is 2.56 bits per heavy atom. The molecule has 0 aliphatic carbocycles. The zero-order valence-corrected chi connectivity index (χ0v) is 18.3. The van der Waals surface area contributed by atoms with E-state index in [1.165, 1.54) is 6.07 Å². The second-order valence-corrected chi connectivity index (χ2v) is 7.66. The minimum absolute atomic E-state index is 0.0478. The number of carbonyl (C=O) groups excluding carboxylic acids is 2. The average Bonchev–Trinajstić information content (AvgIpc) is 2.81. The van der Waals surface area contributed by atoms with Gasteiger partial charge in [-0.2, -0.15) is 0 Å². The van der Waals surface area contributed by atoms with Crippen molar-refractivity contribution in [3.8, 4) is 5.75 Å². The highest BCUT2D eigenvalue weighted by Crippen LogP contribution is 2.15. The molecule has 166 valence electrons. The lowest BCUT2D eigenvalue weighted by Gasteiger charge is -2.08. The molecule has 1 heterocycles. The number of esters is 1. The number of carbonyl (C=O) groups is 2. The van der Waals surface area contributed by atoms with E-state index in [0.717, 1.165) is 18.2 Å². The predicted octanol–water partition coefficient (Wildman–Crippen LogP) is 3.65. The topological polar surface area (TPSA) is 110 Å². The number of anilines is 1. The van der Waals surface area contributed by atoms with Crippen LogP contribution >= 0.6 is 11.8 Å². The number of hydrogen-bond donors (Lipinski definition) is 2. The van der Waals surface area contributed by atoms with E-state index in [0.29, 0.717) is 34.5 Å². The molecule has 0 atom stereocenters. The number of nitrogens with one attached hydrogen (secondary N) is 2. The maximum Gasteiger partial charge on any atom is 0.338 e. The number of thioether (sulfide) groups is 1. The van der Waals surface area contributed by atoms with Crippen LogP contribution in [-0.4, -0.2) is 34.2 Å². The number of aromatic amines is 1. The Balaban J connectivity index is 1.51. The molecule has 0 saturated heterocycles. The summed E-state index contributed by atoms with van der Waals surface area (Å²) in [5.41, 5.74) is 1.11. The third kappa shape index (κ3) is 7.28. The molecule has 0 spiro atoms. The Morgan fingerprint density at radius 2 is 1.84 bits per heavy atom. The Bertz CT molecular complexity index is 1100. The lowest BCUT2D eigenvalue weighted by atomic mass is 10.2. The number of benzene rings is 2. The fourth-order valence-corrected chi connectivity index (χ4v) is 3.29. The van der Waals surface area contributed by atoms with Gasteiger partial charge in [-0.1, -0.05) is 36.9 Å². The molecular weight excluding hydrogens is 430 g/mol. The van der Waals surface area contributed by atoms with Crippen LogP contribution in [0.25, 0.3) is 0 Å². The van der Waals surface area contributed by atoms with Crippen LogP contribution in [-0.2, 0) is 16.1 Å². The molecule has 1 amide bonds. The molecule has 3 aromatic rings. The number of H-pyrrole nitrogens is 1. The van der Waals surface area contributed by atoms with Gasteiger partial charge in [0.1, 0.15) is 12.4 Å². The van der Waals surface area contributed by atoms with Crippen LogP contribution in [0.15, 0.2) is 70.6 Å². The zero-order valence-electron chi connectivity index (χ0n) is 17.5. The van der Waals surface area contributed by atoms with Crippen LogP contribution in [0, 0.1) is 0 Å². The second-order valence-electron chi connectivity index (χ2n) is 6.69. The van der Waals surface area contributed by atoms with Crippen LogP contribution < -0.4 is 15.6 Å². The van der Waals surface area contributed by atoms with Crippen molar-refractivity contribution in [2.75, 3.05) is 17.7 Å². The highest BCUT2D eigenvalue weighted by atomic mass is 32.2. The quantitative estimate of drug-likeness (QED) is 0.274. The molecule has 32 heavy (non-hydrogen) atoms. The van der Waals surface area contributed by atoms with Crippen molar-refractivity contribution in [1.29, 1.82) is 0 Å². The number of ether oxygens (including phenoxy) is 2. The number of hydrogen-bond acceptors (Lipinski definition) is 7. The molecule has 3 rings (SSSR count). The van der Waals surface area contributed by atoms with Crippen molar-refractivity contribution in [2.24, 2.45) is 0 Å². The summed E-state index contributed by atoms with van der Waals surface area (Å²) >= 11 is 1.11. The van der Waals surface area contributed by atoms with Crippen molar-refractivity contribution in [1.82, 2.24) is 9.97 Å². The summed E-state index contributed by atoms with van der Waals surface area (Å²) in [4.78, 5) is 42.9. The molecule has 0 unspecified atom stereocenters. The number of para-hydroxylation sites is 1. The molecule has 8 nitrogen and oxygen atoms in total. The van der Waals surface area contributed by atoms with Crippen LogP contribution in [0.4, 0.5) is 5.69 Å². The van der Waals surface area contributed by atoms with Gasteiger partial charge in [0.2, 0.25) is 5.91 Å². The fourth-order valence-electron chi connectivity index (χ4n) is 2.60. The van der Waals surface area contributed by atoms with Gasteiger partial charge in [0.15, 0.2) is 5.16 Å². The average molecular weight is 454 g/mol. The zero-order chi connectivity index (χ0) is 22.8. The van der Waals surface area contributed by atoms with Gasteiger partial charge in [-0.05, 0) is 42.8 Å². The molecule has 2 N–H and O–H groups in total. The summed E-state index contributed by atoms with van der Waals surface area (Å²) in [5.74, 6) is 0.0517. The van der Waals surface area contributed by atoms with Crippen LogP contribution in [0.5, 0.6) is 5.75 Å². The first-order chi connectivity index (χ1) is 15.5. The molecule has 0 saturated carbocycles. The molecule has 9 heteroatoms. The molecular formula is C23H23N3O5S. The van der Waals surface area contributed by atoms with Gasteiger partial charge in [-0.3, -0.25) is 9.59 Å². The third-order valence-electron chi connectivity index (χ3n) is 4.08. The third-order valence-corrected chi connectivity index (χ3v) is 4.96. The van der Waals surface area contributed by atoms with E-state index in [4.69, 9.17) is 9.47 Å². The van der Waals surface area contributed by atoms with Crippen molar-refractivity contribution in [3.05, 3.63) is 82.3 Å². The number of amides is 1. The molecule has 0 aliphatic rings. The van der Waals surface area contributed by atoms with Gasteiger partial charge in [0.05, 0.1) is 23.6 Å². The summed E-state index contributed by atoms with van der Waals surface area (Å²) in [6.07, 6.45) is 0.751. The normalized spacial score (nSPS) is 10.4. The minimum atomic E-state index is -0.397. The van der Waals surface area contributed by atoms with Crippen molar-refractivity contribution in [2.45, 2.75) is 25.1 Å². The molecule has 2 aromatic carbocycles. The van der Waals surface area contributed by atoms with Crippen LogP contribution in [0.1, 0.15) is 29.4 Å². The largest absolute Gasteiger partial charge is 0.487 e. The first-order valence-corrected chi connectivity index (χ1v) is 11.0. The molecule has 0 fully saturated rings. The summed E-state index contributed by atoms with van der Waals surface area (Å²) < 4.78 is 10.7. The van der Waals surface area contributed by atoms with E-state index < -0.39 is 5.97 Å². The van der Waals surface area contributed by atoms with Gasteiger partial charge < -0.3 is 19.8 Å². The summed E-state index contributed by atoms with van der Waals surface area (Å²) in [6, 6.07) is 17.0. The van der Waals surface area contributed by atoms with Gasteiger partial charge >= 0.3 is 5.97 Å². The van der Waals surface area contributed by atoms with Gasteiger partial charge in [0.25, 0.3) is 5.56 Å². The SMILES string of the molecule is CCCOC(=O)c1ccc(NC(=O)CSc2nc(COc3ccccc3)cc(=O)[nH]2)cc1. The summed E-state index contributed by atoms with van der Waals surface area (Å²) in [6.45, 7) is 2.43. The summed E-state index contributed by atoms with van der Waals surface area (Å²) in [7, 11) is 0. The van der Waals surface area contributed by atoms with E-state index in [1.807, 2.05) is 37.3 Å². The second kappa shape index (κ2) is 11.7. The smallest absolute Gasteiger partial charge is 0.338 e. The van der Waals surface area contributed by atoms with E-state index in [9.17, 15) is 14.4 Å². The number of rotatable bonds is 10. The van der Waals surface area contributed by atoms with Crippen molar-refractivity contribution >= 4 is 29.3 Å². The number of aromatic nitrogens is 2. The van der Waals surface area contributed by atoms with Gasteiger partial charge in [-0.25, -0.2) is 9.78 Å². The van der Waals surface area contributed by atoms with E-state index in [-0.39, 0.29) is 23.8 Å². The van der Waals surface area contributed by atoms with E-state index in [2.05, 4.69) is 15.3 Å². The Morgan fingerprint density at radius 1 is 1.09 bits per heavy atom. The minimum Gasteiger partial charge on any atom is -0.487 e. The molecule has 0 aliphatic heterocycles. The first-order valence-electron chi connectivity index (χ1n) is 10.0.